The van der Waals surface area contributed by atoms with Crippen molar-refractivity contribution in [1.82, 2.24) is 0 Å². The number of ether oxygens (including phenoxy) is 2. The lowest BCUT2D eigenvalue weighted by Crippen LogP contribution is -2.27. The lowest BCUT2D eigenvalue weighted by atomic mass is 9.96. The van der Waals surface area contributed by atoms with Crippen molar-refractivity contribution in [2.24, 2.45) is 15.9 Å². The quantitative estimate of drug-likeness (QED) is 0.703. The minimum atomic E-state index is -0.457. The predicted octanol–water partition coefficient (Wildman–Crippen LogP) is 3.12. The molecular formula is C18H22ClN3O4. The Bertz CT molecular complexity index is 746. The number of para-hydroxylation sites is 1. The van der Waals surface area contributed by atoms with Crippen LogP contribution in [-0.4, -0.2) is 43.7 Å². The molecule has 1 aliphatic heterocycles. The number of benzene rings is 1. The van der Waals surface area contributed by atoms with E-state index >= 15 is 0 Å². The van der Waals surface area contributed by atoms with Crippen molar-refractivity contribution in [1.29, 1.82) is 0 Å². The van der Waals surface area contributed by atoms with Crippen LogP contribution in [0, 0.1) is 5.92 Å². The highest BCUT2D eigenvalue weighted by molar-refractivity contribution is 6.32. The van der Waals surface area contributed by atoms with E-state index in [1.54, 1.807) is 39.2 Å². The van der Waals surface area contributed by atoms with Crippen LogP contribution >= 0.6 is 11.6 Å². The molecule has 2 amide bonds. The molecule has 8 heteroatoms. The summed E-state index contributed by atoms with van der Waals surface area (Å²) in [7, 11) is 1.57. The molecule has 1 unspecified atom stereocenters. The number of nitrogens with zero attached hydrogens (tertiary/aromatic N) is 2. The van der Waals surface area contributed by atoms with Crippen LogP contribution in [-0.2, 0) is 14.3 Å². The Morgan fingerprint density at radius 2 is 2.04 bits per heavy atom. The van der Waals surface area contributed by atoms with Gasteiger partial charge < -0.3 is 14.8 Å². The highest BCUT2D eigenvalue weighted by Crippen LogP contribution is 2.33. The van der Waals surface area contributed by atoms with E-state index in [0.717, 1.165) is 0 Å². The number of halogens is 1. The van der Waals surface area contributed by atoms with Gasteiger partial charge in [0.2, 0.25) is 5.91 Å². The summed E-state index contributed by atoms with van der Waals surface area (Å²) in [5.74, 6) is -0.109. The first kappa shape index (κ1) is 20.1. The molecule has 1 aromatic carbocycles. The number of anilines is 1. The minimum absolute atomic E-state index is 0.155. The second kappa shape index (κ2) is 9.45. The molecule has 0 aliphatic carbocycles. The Hall–Kier alpha value is -2.25. The van der Waals surface area contributed by atoms with Crippen LogP contribution in [0.25, 0.3) is 0 Å². The molecule has 1 aliphatic rings. The number of methoxy groups -OCH3 is 1. The lowest BCUT2D eigenvalue weighted by Gasteiger charge is -2.17. The maximum absolute atomic E-state index is 12.3. The number of hydrogen-bond donors (Lipinski definition) is 1. The van der Waals surface area contributed by atoms with Gasteiger partial charge in [-0.25, -0.2) is 4.99 Å². The van der Waals surface area contributed by atoms with Crippen LogP contribution < -0.4 is 10.1 Å². The molecule has 0 radical (unpaired) electrons. The van der Waals surface area contributed by atoms with Crippen molar-refractivity contribution >= 4 is 40.6 Å². The summed E-state index contributed by atoms with van der Waals surface area (Å²) in [5, 5.41) is 3.18. The van der Waals surface area contributed by atoms with Gasteiger partial charge in [0.15, 0.2) is 5.75 Å². The number of amidine groups is 1. The molecule has 0 fully saturated rings. The van der Waals surface area contributed by atoms with Crippen LogP contribution in [0.5, 0.6) is 5.75 Å². The largest absolute Gasteiger partial charge is 0.487 e. The van der Waals surface area contributed by atoms with Gasteiger partial charge in [0.1, 0.15) is 12.4 Å². The highest BCUT2D eigenvalue weighted by atomic mass is 35.5. The SMILES string of the molecule is COCCOc1c(Cl)cccc1NC(=O)CCC1C(=O)N=C(C)N=C1C. The molecule has 0 spiro atoms. The van der Waals surface area contributed by atoms with Gasteiger partial charge in [-0.2, -0.15) is 4.99 Å². The molecule has 1 N–H and O–H groups in total. The molecule has 7 nitrogen and oxygen atoms in total. The van der Waals surface area contributed by atoms with Crippen molar-refractivity contribution < 1.29 is 19.1 Å². The Labute approximate surface area is 157 Å². The maximum atomic E-state index is 12.3. The number of carbonyl (C=O) groups is 2. The standard InChI is InChI=1S/C18H22ClN3O4/c1-11-13(18(24)21-12(2)20-11)7-8-16(23)22-15-6-4-5-14(19)17(15)26-10-9-25-3/h4-6,13H,7-10H2,1-3H3,(H,22,23). The molecule has 0 bridgehead atoms. The summed E-state index contributed by atoms with van der Waals surface area (Å²) in [6, 6.07) is 5.11. The van der Waals surface area contributed by atoms with Gasteiger partial charge in [-0.1, -0.05) is 17.7 Å². The van der Waals surface area contributed by atoms with Gasteiger partial charge >= 0.3 is 0 Å². The van der Waals surface area contributed by atoms with Gasteiger partial charge in [-0.15, -0.1) is 0 Å². The van der Waals surface area contributed by atoms with E-state index in [0.29, 0.717) is 47.6 Å². The number of hydrogen-bond acceptors (Lipinski definition) is 5. The number of carbonyl (C=O) groups excluding carboxylic acids is 2. The van der Waals surface area contributed by atoms with E-state index in [2.05, 4.69) is 15.3 Å². The van der Waals surface area contributed by atoms with Gasteiger partial charge in [-0.05, 0) is 32.4 Å². The number of nitrogens with one attached hydrogen (secondary N) is 1. The minimum Gasteiger partial charge on any atom is -0.487 e. The first-order valence-corrected chi connectivity index (χ1v) is 8.64. The summed E-state index contributed by atoms with van der Waals surface area (Å²) in [5.41, 5.74) is 1.16. The fourth-order valence-electron chi connectivity index (χ4n) is 2.58. The summed E-state index contributed by atoms with van der Waals surface area (Å²) < 4.78 is 10.5. The summed E-state index contributed by atoms with van der Waals surface area (Å²) in [6.45, 7) is 4.17. The molecule has 140 valence electrons. The Morgan fingerprint density at radius 1 is 1.27 bits per heavy atom. The predicted molar refractivity (Wildman–Crippen MR) is 101 cm³/mol. The van der Waals surface area contributed by atoms with Crippen molar-refractivity contribution in [3.63, 3.8) is 0 Å². The van der Waals surface area contributed by atoms with E-state index in [4.69, 9.17) is 21.1 Å². The van der Waals surface area contributed by atoms with Gasteiger partial charge in [0.25, 0.3) is 5.91 Å². The van der Waals surface area contributed by atoms with Crippen LogP contribution in [0.3, 0.4) is 0 Å². The van der Waals surface area contributed by atoms with Gasteiger partial charge in [0, 0.05) is 19.2 Å². The Morgan fingerprint density at radius 3 is 2.73 bits per heavy atom. The first-order valence-electron chi connectivity index (χ1n) is 8.26. The molecule has 1 heterocycles. The Kier molecular flexibility index (Phi) is 7.29. The van der Waals surface area contributed by atoms with E-state index in [9.17, 15) is 9.59 Å². The molecule has 2 rings (SSSR count). The second-order valence-electron chi connectivity index (χ2n) is 5.85. The molecule has 0 saturated carbocycles. The molecule has 0 aromatic heterocycles. The maximum Gasteiger partial charge on any atom is 0.256 e. The average molecular weight is 380 g/mol. The highest BCUT2D eigenvalue weighted by Gasteiger charge is 2.25. The number of amides is 2. The third kappa shape index (κ3) is 5.37. The first-order chi connectivity index (χ1) is 12.4. The third-order valence-electron chi connectivity index (χ3n) is 3.85. The molecule has 1 atom stereocenters. The van der Waals surface area contributed by atoms with Crippen LogP contribution in [0.4, 0.5) is 5.69 Å². The monoisotopic (exact) mass is 379 g/mol. The fraction of sp³-hybridized carbons (Fsp3) is 0.444. The molecule has 1 aromatic rings. The smallest absolute Gasteiger partial charge is 0.256 e. The summed E-state index contributed by atoms with van der Waals surface area (Å²) >= 11 is 6.15. The van der Waals surface area contributed by atoms with Crippen molar-refractivity contribution in [3.8, 4) is 5.75 Å². The second-order valence-corrected chi connectivity index (χ2v) is 6.25. The van der Waals surface area contributed by atoms with E-state index in [1.807, 2.05) is 0 Å². The van der Waals surface area contributed by atoms with Crippen molar-refractivity contribution in [2.75, 3.05) is 25.6 Å². The Balaban J connectivity index is 1.97. The average Bonchev–Trinajstić information content (AvgIpc) is 2.56. The van der Waals surface area contributed by atoms with E-state index in [1.165, 1.54) is 0 Å². The van der Waals surface area contributed by atoms with Crippen molar-refractivity contribution in [3.05, 3.63) is 23.2 Å². The fourth-order valence-corrected chi connectivity index (χ4v) is 2.80. The molecule has 0 saturated heterocycles. The third-order valence-corrected chi connectivity index (χ3v) is 4.15. The zero-order chi connectivity index (χ0) is 19.1. The molecule has 26 heavy (non-hydrogen) atoms. The lowest BCUT2D eigenvalue weighted by molar-refractivity contribution is -0.120. The summed E-state index contributed by atoms with van der Waals surface area (Å²) in [4.78, 5) is 32.3. The van der Waals surface area contributed by atoms with Crippen molar-refractivity contribution in [2.45, 2.75) is 26.7 Å². The van der Waals surface area contributed by atoms with Crippen LogP contribution in [0.2, 0.25) is 5.02 Å². The number of rotatable bonds is 8. The van der Waals surface area contributed by atoms with E-state index in [-0.39, 0.29) is 18.2 Å². The number of aliphatic imine (C=N–C) groups is 2. The molecular weight excluding hydrogens is 358 g/mol. The van der Waals surface area contributed by atoms with Gasteiger partial charge in [0.05, 0.1) is 23.2 Å². The summed E-state index contributed by atoms with van der Waals surface area (Å²) in [6.07, 6.45) is 0.499. The van der Waals surface area contributed by atoms with Gasteiger partial charge in [-0.3, -0.25) is 9.59 Å². The zero-order valence-corrected chi connectivity index (χ0v) is 15.8. The normalized spacial score (nSPS) is 16.8. The van der Waals surface area contributed by atoms with Crippen LogP contribution in [0.15, 0.2) is 28.2 Å². The zero-order valence-electron chi connectivity index (χ0n) is 15.0. The van der Waals surface area contributed by atoms with Crippen LogP contribution in [0.1, 0.15) is 26.7 Å². The topological polar surface area (TPSA) is 89.3 Å². The van der Waals surface area contributed by atoms with E-state index < -0.39 is 5.92 Å².